The van der Waals surface area contributed by atoms with E-state index < -0.39 is 0 Å². The van der Waals surface area contributed by atoms with Crippen LogP contribution in [-0.2, 0) is 4.79 Å². The highest BCUT2D eigenvalue weighted by Crippen LogP contribution is 2.17. The molecular weight excluding hydrogens is 339 g/mol. The Morgan fingerprint density at radius 1 is 1.56 bits per heavy atom. The van der Waals surface area contributed by atoms with E-state index >= 15 is 0 Å². The minimum absolute atomic E-state index is 0.0963. The second-order valence-corrected chi connectivity index (χ2v) is 6.06. The lowest BCUT2D eigenvalue weighted by Crippen LogP contribution is -2.38. The summed E-state index contributed by atoms with van der Waals surface area (Å²) in [5, 5.41) is 4.46. The standard InChI is InChI=1S/C10H13IN2O2S/c1-3-12-9(14)5-13(2)10(15)7-4-8(11)16-6-7/h4,6H,3,5H2,1-2H3,(H,12,14). The molecule has 0 unspecified atom stereocenters. The van der Waals surface area contributed by atoms with Gasteiger partial charge in [-0.15, -0.1) is 11.3 Å². The molecule has 0 aliphatic rings. The first kappa shape index (κ1) is 13.4. The van der Waals surface area contributed by atoms with Crippen molar-refractivity contribution in [3.05, 3.63) is 19.9 Å². The lowest BCUT2D eigenvalue weighted by atomic mass is 10.3. The molecular formula is C10H13IN2O2S. The van der Waals surface area contributed by atoms with E-state index in [-0.39, 0.29) is 18.4 Å². The van der Waals surface area contributed by atoms with Gasteiger partial charge in [-0.2, -0.15) is 0 Å². The highest BCUT2D eigenvalue weighted by atomic mass is 127. The van der Waals surface area contributed by atoms with Crippen LogP contribution in [0.5, 0.6) is 0 Å². The molecule has 16 heavy (non-hydrogen) atoms. The third kappa shape index (κ3) is 3.75. The van der Waals surface area contributed by atoms with Crippen molar-refractivity contribution in [2.75, 3.05) is 20.1 Å². The second kappa shape index (κ2) is 6.19. The highest BCUT2D eigenvalue weighted by molar-refractivity contribution is 14.1. The van der Waals surface area contributed by atoms with Gasteiger partial charge in [-0.05, 0) is 35.6 Å². The summed E-state index contributed by atoms with van der Waals surface area (Å²) in [6.07, 6.45) is 0. The average molecular weight is 352 g/mol. The van der Waals surface area contributed by atoms with Gasteiger partial charge in [0, 0.05) is 19.0 Å². The third-order valence-electron chi connectivity index (χ3n) is 1.92. The van der Waals surface area contributed by atoms with Gasteiger partial charge in [-0.3, -0.25) is 9.59 Å². The Morgan fingerprint density at radius 3 is 2.75 bits per heavy atom. The largest absolute Gasteiger partial charge is 0.355 e. The van der Waals surface area contributed by atoms with Gasteiger partial charge in [0.2, 0.25) is 5.91 Å². The molecule has 0 saturated heterocycles. The van der Waals surface area contributed by atoms with Crippen LogP contribution >= 0.6 is 33.9 Å². The first-order valence-corrected chi connectivity index (χ1v) is 6.76. The summed E-state index contributed by atoms with van der Waals surface area (Å²) >= 11 is 3.68. The molecule has 0 aromatic carbocycles. The van der Waals surface area contributed by atoms with E-state index in [0.717, 1.165) is 2.88 Å². The second-order valence-electron chi connectivity index (χ2n) is 3.25. The van der Waals surface area contributed by atoms with Crippen LogP contribution in [0.1, 0.15) is 17.3 Å². The maximum Gasteiger partial charge on any atom is 0.254 e. The summed E-state index contributed by atoms with van der Waals surface area (Å²) in [7, 11) is 1.63. The van der Waals surface area contributed by atoms with Crippen LogP contribution < -0.4 is 5.32 Å². The molecule has 0 bridgehead atoms. The van der Waals surface area contributed by atoms with E-state index in [9.17, 15) is 9.59 Å². The Balaban J connectivity index is 2.57. The smallest absolute Gasteiger partial charge is 0.254 e. The number of carbonyl (C=O) groups excluding carboxylic acids is 2. The Labute approximate surface area is 112 Å². The van der Waals surface area contributed by atoms with Crippen molar-refractivity contribution in [1.29, 1.82) is 0 Å². The van der Waals surface area contributed by atoms with Crippen LogP contribution in [0.2, 0.25) is 0 Å². The van der Waals surface area contributed by atoms with Gasteiger partial charge in [0.1, 0.15) is 0 Å². The van der Waals surface area contributed by atoms with Crippen LogP contribution in [-0.4, -0.2) is 36.9 Å². The number of nitrogens with one attached hydrogen (secondary N) is 1. The zero-order valence-electron chi connectivity index (χ0n) is 9.12. The number of amides is 2. The van der Waals surface area contributed by atoms with E-state index in [1.165, 1.54) is 16.2 Å². The maximum absolute atomic E-state index is 11.8. The van der Waals surface area contributed by atoms with Gasteiger partial charge in [0.05, 0.1) is 15.0 Å². The van der Waals surface area contributed by atoms with Gasteiger partial charge in [0.25, 0.3) is 5.91 Å². The van der Waals surface area contributed by atoms with E-state index in [0.29, 0.717) is 12.1 Å². The van der Waals surface area contributed by atoms with Crippen molar-refractivity contribution in [3.8, 4) is 0 Å². The molecule has 4 nitrogen and oxygen atoms in total. The number of nitrogens with zero attached hydrogens (tertiary/aromatic N) is 1. The molecule has 88 valence electrons. The van der Waals surface area contributed by atoms with E-state index in [1.54, 1.807) is 12.4 Å². The number of rotatable bonds is 4. The van der Waals surface area contributed by atoms with E-state index in [2.05, 4.69) is 27.9 Å². The van der Waals surface area contributed by atoms with Crippen LogP contribution in [0, 0.1) is 2.88 Å². The van der Waals surface area contributed by atoms with Gasteiger partial charge < -0.3 is 10.2 Å². The Hall–Kier alpha value is -0.630. The molecule has 0 aliphatic carbocycles. The topological polar surface area (TPSA) is 49.4 Å². The van der Waals surface area contributed by atoms with Crippen molar-refractivity contribution in [3.63, 3.8) is 0 Å². The Morgan fingerprint density at radius 2 is 2.25 bits per heavy atom. The summed E-state index contributed by atoms with van der Waals surface area (Å²) in [6, 6.07) is 1.82. The van der Waals surface area contributed by atoms with E-state index in [4.69, 9.17) is 0 Å². The van der Waals surface area contributed by atoms with Crippen molar-refractivity contribution >= 4 is 45.7 Å². The molecule has 1 aromatic heterocycles. The van der Waals surface area contributed by atoms with Crippen molar-refractivity contribution in [1.82, 2.24) is 10.2 Å². The van der Waals surface area contributed by atoms with Crippen LogP contribution in [0.15, 0.2) is 11.4 Å². The maximum atomic E-state index is 11.8. The summed E-state index contributed by atoms with van der Waals surface area (Å²) in [6.45, 7) is 2.53. The number of carbonyl (C=O) groups is 2. The summed E-state index contributed by atoms with van der Waals surface area (Å²) in [4.78, 5) is 24.6. The SMILES string of the molecule is CCNC(=O)CN(C)C(=O)c1csc(I)c1. The molecule has 0 saturated carbocycles. The quantitative estimate of drug-likeness (QED) is 0.837. The third-order valence-corrected chi connectivity index (χ3v) is 3.70. The highest BCUT2D eigenvalue weighted by Gasteiger charge is 2.15. The van der Waals surface area contributed by atoms with Gasteiger partial charge in [0.15, 0.2) is 0 Å². The Kier molecular flexibility index (Phi) is 5.20. The normalized spacial score (nSPS) is 9.94. The molecule has 0 fully saturated rings. The molecule has 0 aliphatic heterocycles. The molecule has 6 heteroatoms. The van der Waals surface area contributed by atoms with Gasteiger partial charge in [-0.25, -0.2) is 0 Å². The first-order valence-electron chi connectivity index (χ1n) is 4.80. The molecule has 0 spiro atoms. The number of halogens is 1. The molecule has 0 radical (unpaired) electrons. The fourth-order valence-corrected chi connectivity index (χ4v) is 2.50. The number of hydrogen-bond donors (Lipinski definition) is 1. The molecule has 1 heterocycles. The predicted octanol–water partition coefficient (Wildman–Crippen LogP) is 1.56. The number of hydrogen-bond acceptors (Lipinski definition) is 3. The number of likely N-dealkylation sites (N-methyl/N-ethyl adjacent to an activating group) is 2. The zero-order chi connectivity index (χ0) is 12.1. The van der Waals surface area contributed by atoms with Gasteiger partial charge in [-0.1, -0.05) is 0 Å². The van der Waals surface area contributed by atoms with Crippen molar-refractivity contribution in [2.24, 2.45) is 0 Å². The van der Waals surface area contributed by atoms with Crippen LogP contribution in [0.25, 0.3) is 0 Å². The van der Waals surface area contributed by atoms with E-state index in [1.807, 2.05) is 13.0 Å². The minimum atomic E-state index is -0.136. The Bertz CT molecular complexity index is 392. The van der Waals surface area contributed by atoms with Crippen molar-refractivity contribution < 1.29 is 9.59 Å². The summed E-state index contributed by atoms with van der Waals surface area (Å²) < 4.78 is 1.06. The molecule has 1 aromatic rings. The molecule has 2 amide bonds. The monoisotopic (exact) mass is 352 g/mol. The molecule has 0 atom stereocenters. The van der Waals surface area contributed by atoms with Gasteiger partial charge >= 0.3 is 0 Å². The lowest BCUT2D eigenvalue weighted by molar-refractivity contribution is -0.121. The molecule has 1 N–H and O–H groups in total. The number of thiophene rings is 1. The van der Waals surface area contributed by atoms with Crippen molar-refractivity contribution in [2.45, 2.75) is 6.92 Å². The molecule has 1 rings (SSSR count). The first-order chi connectivity index (χ1) is 7.54. The fraction of sp³-hybridized carbons (Fsp3) is 0.400. The fourth-order valence-electron chi connectivity index (χ4n) is 1.18. The minimum Gasteiger partial charge on any atom is -0.355 e. The zero-order valence-corrected chi connectivity index (χ0v) is 12.1. The lowest BCUT2D eigenvalue weighted by Gasteiger charge is -2.15. The predicted molar refractivity (Wildman–Crippen MR) is 72.7 cm³/mol. The van der Waals surface area contributed by atoms with Crippen LogP contribution in [0.3, 0.4) is 0 Å². The summed E-state index contributed by atoms with van der Waals surface area (Å²) in [5.74, 6) is -0.256. The average Bonchev–Trinajstić information content (AvgIpc) is 2.64. The summed E-state index contributed by atoms with van der Waals surface area (Å²) in [5.41, 5.74) is 0.640. The van der Waals surface area contributed by atoms with Crippen LogP contribution in [0.4, 0.5) is 0 Å².